The van der Waals surface area contributed by atoms with Gasteiger partial charge in [0.2, 0.25) is 16.8 Å². The van der Waals surface area contributed by atoms with E-state index in [2.05, 4.69) is 4.72 Å². The largest absolute Gasteiger partial charge is 0.489 e. The summed E-state index contributed by atoms with van der Waals surface area (Å²) in [6, 6.07) is 19.6. The Kier molecular flexibility index (Phi) is 8.23. The first-order valence-electron chi connectivity index (χ1n) is 12.6. The zero-order valence-corrected chi connectivity index (χ0v) is 23.9. The highest BCUT2D eigenvalue weighted by Gasteiger charge is 2.18. The van der Waals surface area contributed by atoms with E-state index in [0.717, 1.165) is 23.4 Å². The van der Waals surface area contributed by atoms with Crippen LogP contribution in [0.5, 0.6) is 17.2 Å². The Bertz CT molecular complexity index is 1680. The first kappa shape index (κ1) is 28.5. The summed E-state index contributed by atoms with van der Waals surface area (Å²) in [7, 11) is -3.51. The van der Waals surface area contributed by atoms with Crippen molar-refractivity contribution in [3.05, 3.63) is 112 Å². The summed E-state index contributed by atoms with van der Waals surface area (Å²) in [6.45, 7) is 2.64. The lowest BCUT2D eigenvalue weighted by molar-refractivity contribution is 0.174. The molecule has 0 saturated carbocycles. The third kappa shape index (κ3) is 7.01. The predicted molar refractivity (Wildman–Crippen MR) is 154 cm³/mol. The monoisotopic (exact) mass is 600 g/mol. The Morgan fingerprint density at radius 2 is 1.68 bits per heavy atom. The molecule has 0 fully saturated rings. The molecule has 0 atom stereocenters. The summed E-state index contributed by atoms with van der Waals surface area (Å²) in [6.07, 6.45) is 1.08. The van der Waals surface area contributed by atoms with Gasteiger partial charge < -0.3 is 19.1 Å². The Morgan fingerprint density at radius 1 is 0.951 bits per heavy atom. The highest BCUT2D eigenvalue weighted by Crippen LogP contribution is 2.37. The molecule has 1 aliphatic heterocycles. The van der Waals surface area contributed by atoms with E-state index in [4.69, 9.17) is 25.8 Å². The number of halogens is 3. The van der Waals surface area contributed by atoms with Crippen molar-refractivity contribution in [1.29, 1.82) is 0 Å². The van der Waals surface area contributed by atoms with Crippen molar-refractivity contribution in [2.45, 2.75) is 26.6 Å². The quantitative estimate of drug-likeness (QED) is 0.215. The van der Waals surface area contributed by atoms with E-state index in [1.807, 2.05) is 35.2 Å². The lowest BCUT2D eigenvalue weighted by Gasteiger charge is -2.28. The second-order valence-corrected chi connectivity index (χ2v) is 11.8. The number of nitrogens with one attached hydrogen (secondary N) is 1. The van der Waals surface area contributed by atoms with Crippen molar-refractivity contribution < 1.29 is 31.4 Å². The van der Waals surface area contributed by atoms with Crippen LogP contribution in [-0.2, 0) is 29.7 Å². The second-order valence-electron chi connectivity index (χ2n) is 9.65. The molecular formula is C30H27ClF2N2O5S. The van der Waals surface area contributed by atoms with Crippen LogP contribution in [0.4, 0.5) is 20.2 Å². The standard InChI is InChI=1S/C30H27ClF2N2O5S/c1-19-27(34-41(2,36)37)4-3-5-28(19)35(16-21-8-9-23(32)13-26(21)33)15-20-6-10-24(11-7-20)38-17-22-12-29-30(14-25(22)31)40-18-39-29/h3-14,34H,15-18H2,1-2H3. The van der Waals surface area contributed by atoms with Gasteiger partial charge in [0.1, 0.15) is 24.0 Å². The molecule has 1 aliphatic rings. The van der Waals surface area contributed by atoms with Gasteiger partial charge >= 0.3 is 0 Å². The van der Waals surface area contributed by atoms with Crippen LogP contribution in [0.1, 0.15) is 22.3 Å². The molecule has 11 heteroatoms. The summed E-state index contributed by atoms with van der Waals surface area (Å²) < 4.78 is 71.2. The van der Waals surface area contributed by atoms with E-state index in [1.54, 1.807) is 31.2 Å². The lowest BCUT2D eigenvalue weighted by atomic mass is 10.1. The van der Waals surface area contributed by atoms with Crippen LogP contribution >= 0.6 is 11.6 Å². The predicted octanol–water partition coefficient (Wildman–Crippen LogP) is 6.81. The molecule has 5 rings (SSSR count). The van der Waals surface area contributed by atoms with Gasteiger partial charge in [0, 0.05) is 42.0 Å². The third-order valence-corrected chi connectivity index (χ3v) is 7.49. The van der Waals surface area contributed by atoms with Crippen LogP contribution in [0.3, 0.4) is 0 Å². The summed E-state index contributed by atoms with van der Waals surface area (Å²) in [5.74, 6) is 0.511. The molecule has 0 unspecified atom stereocenters. The number of fused-ring (bicyclic) bond motifs is 1. The van der Waals surface area contributed by atoms with Gasteiger partial charge in [-0.15, -0.1) is 0 Å². The highest BCUT2D eigenvalue weighted by atomic mass is 35.5. The molecule has 0 radical (unpaired) electrons. The number of nitrogens with zero attached hydrogens (tertiary/aromatic N) is 1. The molecule has 0 amide bonds. The van der Waals surface area contributed by atoms with Crippen molar-refractivity contribution in [2.24, 2.45) is 0 Å². The average Bonchev–Trinajstić information content (AvgIpc) is 3.37. The molecule has 214 valence electrons. The number of benzene rings is 4. The van der Waals surface area contributed by atoms with Gasteiger partial charge in [0.25, 0.3) is 0 Å². The molecular weight excluding hydrogens is 574 g/mol. The summed E-state index contributed by atoms with van der Waals surface area (Å²) in [5, 5.41) is 0.512. The van der Waals surface area contributed by atoms with E-state index in [9.17, 15) is 17.2 Å². The van der Waals surface area contributed by atoms with Crippen molar-refractivity contribution >= 4 is 33.0 Å². The third-order valence-electron chi connectivity index (χ3n) is 6.55. The van der Waals surface area contributed by atoms with Gasteiger partial charge in [-0.25, -0.2) is 17.2 Å². The average molecular weight is 601 g/mol. The van der Waals surface area contributed by atoms with Crippen LogP contribution in [-0.4, -0.2) is 21.5 Å². The van der Waals surface area contributed by atoms with Crippen LogP contribution < -0.4 is 23.8 Å². The molecule has 7 nitrogen and oxygen atoms in total. The minimum atomic E-state index is -3.51. The summed E-state index contributed by atoms with van der Waals surface area (Å²) >= 11 is 6.35. The maximum atomic E-state index is 14.6. The van der Waals surface area contributed by atoms with Crippen molar-refractivity contribution in [3.63, 3.8) is 0 Å². The Morgan fingerprint density at radius 3 is 2.39 bits per heavy atom. The number of rotatable bonds is 10. The molecule has 1 heterocycles. The summed E-state index contributed by atoms with van der Waals surface area (Å²) in [5.41, 5.74) is 3.72. The van der Waals surface area contributed by atoms with Gasteiger partial charge in [0.15, 0.2) is 11.5 Å². The van der Waals surface area contributed by atoms with E-state index in [-0.39, 0.29) is 19.9 Å². The van der Waals surface area contributed by atoms with Crippen molar-refractivity contribution in [3.8, 4) is 17.2 Å². The molecule has 41 heavy (non-hydrogen) atoms. The molecule has 0 aromatic heterocycles. The number of hydrogen-bond acceptors (Lipinski definition) is 6. The van der Waals surface area contributed by atoms with E-state index < -0.39 is 21.7 Å². The Hall–Kier alpha value is -4.02. The Balaban J connectivity index is 1.36. The zero-order chi connectivity index (χ0) is 29.1. The molecule has 0 spiro atoms. The van der Waals surface area contributed by atoms with Gasteiger partial charge in [-0.05, 0) is 54.4 Å². The smallest absolute Gasteiger partial charge is 0.231 e. The fourth-order valence-electron chi connectivity index (χ4n) is 4.50. The zero-order valence-electron chi connectivity index (χ0n) is 22.3. The minimum Gasteiger partial charge on any atom is -0.489 e. The SMILES string of the molecule is Cc1c(NS(C)(=O)=O)cccc1N(Cc1ccc(OCc2cc3c(cc2Cl)OCO3)cc1)Cc1ccc(F)cc1F. The number of sulfonamides is 1. The number of ether oxygens (including phenoxy) is 3. The van der Waals surface area contributed by atoms with Crippen molar-refractivity contribution in [1.82, 2.24) is 0 Å². The topological polar surface area (TPSA) is 77.1 Å². The lowest BCUT2D eigenvalue weighted by Crippen LogP contribution is -2.24. The van der Waals surface area contributed by atoms with Crippen LogP contribution in [0.25, 0.3) is 0 Å². The maximum Gasteiger partial charge on any atom is 0.231 e. The highest BCUT2D eigenvalue weighted by molar-refractivity contribution is 7.92. The molecule has 4 aromatic rings. The van der Waals surface area contributed by atoms with Crippen LogP contribution in [0, 0.1) is 18.6 Å². The van der Waals surface area contributed by atoms with E-state index >= 15 is 0 Å². The van der Waals surface area contributed by atoms with Gasteiger partial charge in [-0.3, -0.25) is 4.72 Å². The van der Waals surface area contributed by atoms with Crippen molar-refractivity contribution in [2.75, 3.05) is 22.7 Å². The molecule has 0 bridgehead atoms. The van der Waals surface area contributed by atoms with Crippen LogP contribution in [0.15, 0.2) is 72.8 Å². The van der Waals surface area contributed by atoms with Gasteiger partial charge in [0.05, 0.1) is 17.0 Å². The normalized spacial score (nSPS) is 12.3. The number of anilines is 2. The Labute approximate surface area is 242 Å². The molecule has 4 aromatic carbocycles. The summed E-state index contributed by atoms with van der Waals surface area (Å²) in [4.78, 5) is 1.90. The first-order valence-corrected chi connectivity index (χ1v) is 14.9. The van der Waals surface area contributed by atoms with Gasteiger partial charge in [-0.1, -0.05) is 35.9 Å². The first-order chi connectivity index (χ1) is 19.6. The molecule has 0 aliphatic carbocycles. The van der Waals surface area contributed by atoms with E-state index in [0.29, 0.717) is 51.3 Å². The van der Waals surface area contributed by atoms with Gasteiger partial charge in [-0.2, -0.15) is 0 Å². The fourth-order valence-corrected chi connectivity index (χ4v) is 5.33. The molecule has 1 N–H and O–H groups in total. The fraction of sp³-hybridized carbons (Fsp3) is 0.200. The number of hydrogen-bond donors (Lipinski definition) is 1. The van der Waals surface area contributed by atoms with E-state index in [1.165, 1.54) is 12.1 Å². The second kappa shape index (κ2) is 11.8. The van der Waals surface area contributed by atoms with Crippen LogP contribution in [0.2, 0.25) is 5.02 Å². The maximum absolute atomic E-state index is 14.6. The molecule has 0 saturated heterocycles. The minimum absolute atomic E-state index is 0.121.